The smallest absolute Gasteiger partial charge is 0.350 e. The van der Waals surface area contributed by atoms with Crippen molar-refractivity contribution in [1.82, 2.24) is 0 Å². The molecule has 1 unspecified atom stereocenters. The van der Waals surface area contributed by atoms with Crippen molar-refractivity contribution in [2.24, 2.45) is 0 Å². The molecule has 1 aliphatic heterocycles. The summed E-state index contributed by atoms with van der Waals surface area (Å²) in [7, 11) is -0.0518. The van der Waals surface area contributed by atoms with Crippen molar-refractivity contribution >= 4 is 30.2 Å². The zero-order chi connectivity index (χ0) is 25.2. The summed E-state index contributed by atoms with van der Waals surface area (Å²) < 4.78 is 25.3. The van der Waals surface area contributed by atoms with E-state index in [-0.39, 0.29) is 21.5 Å². The van der Waals surface area contributed by atoms with Gasteiger partial charge in [0.05, 0.1) is 48.0 Å². The second kappa shape index (κ2) is 10.3. The first-order chi connectivity index (χ1) is 15.2. The minimum absolute atomic E-state index is 0.143. The van der Waals surface area contributed by atoms with Gasteiger partial charge in [-0.3, -0.25) is 10.1 Å². The van der Waals surface area contributed by atoms with E-state index in [1.54, 1.807) is 0 Å². The molecule has 0 N–H and O–H groups in total. The van der Waals surface area contributed by atoms with Crippen molar-refractivity contribution in [2.45, 2.75) is 70.6 Å². The number of hydrogen-bond donors (Lipinski definition) is 0. The molecule has 7 nitrogen and oxygen atoms in total. The summed E-state index contributed by atoms with van der Waals surface area (Å²) in [6.45, 7) is 17.1. The van der Waals surface area contributed by atoms with E-state index in [2.05, 4.69) is 64.1 Å². The van der Waals surface area contributed by atoms with E-state index in [1.807, 2.05) is 12.2 Å². The molecule has 1 aliphatic rings. The van der Waals surface area contributed by atoms with Crippen LogP contribution in [0.25, 0.3) is 0 Å². The van der Waals surface area contributed by atoms with Crippen LogP contribution in [0.3, 0.4) is 0 Å². The molecule has 1 atom stereocenters. The minimum Gasteiger partial charge on any atom is -0.495 e. The lowest BCUT2D eigenvalue weighted by atomic mass is 10.0. The fourth-order valence-corrected chi connectivity index (χ4v) is 10.1. The molecule has 9 heteroatoms. The fraction of sp³-hybridized carbons (Fsp3) is 0.583. The highest BCUT2D eigenvalue weighted by atomic mass is 79.9. The monoisotopic (exact) mass is 541 g/mol. The van der Waals surface area contributed by atoms with E-state index in [0.717, 1.165) is 18.4 Å². The van der Waals surface area contributed by atoms with Gasteiger partial charge < -0.3 is 18.3 Å². The van der Waals surface area contributed by atoms with Gasteiger partial charge in [0.2, 0.25) is 5.75 Å². The van der Waals surface area contributed by atoms with Crippen molar-refractivity contribution in [3.05, 3.63) is 50.5 Å². The van der Waals surface area contributed by atoms with Gasteiger partial charge >= 0.3 is 14.2 Å². The van der Waals surface area contributed by atoms with E-state index in [0.29, 0.717) is 22.4 Å². The summed E-state index contributed by atoms with van der Waals surface area (Å²) in [4.78, 5) is 11.4. The zero-order valence-electron chi connectivity index (χ0n) is 20.9. The molecule has 0 radical (unpaired) electrons. The number of benzene rings is 1. The largest absolute Gasteiger partial charge is 0.495 e. The minimum atomic E-state index is -2.96. The molecule has 0 saturated carbocycles. The van der Waals surface area contributed by atoms with E-state index < -0.39 is 19.6 Å². The molecule has 0 aromatic heterocycles. The van der Waals surface area contributed by atoms with Crippen LogP contribution >= 0.6 is 15.9 Å². The zero-order valence-corrected chi connectivity index (χ0v) is 23.5. The molecule has 33 heavy (non-hydrogen) atoms. The Labute approximate surface area is 206 Å². The third kappa shape index (κ3) is 5.36. The summed E-state index contributed by atoms with van der Waals surface area (Å²) in [6.07, 6.45) is 4.80. The maximum atomic E-state index is 11.9. The van der Waals surface area contributed by atoms with Crippen molar-refractivity contribution < 1.29 is 23.2 Å². The summed E-state index contributed by atoms with van der Waals surface area (Å²) >= 11 is 3.61. The Morgan fingerprint density at radius 1 is 1.24 bits per heavy atom. The Kier molecular flexibility index (Phi) is 8.60. The first-order valence-corrected chi connectivity index (χ1v) is 13.6. The average molecular weight is 543 g/mol. The molecule has 0 fully saturated rings. The number of hydrogen-bond acceptors (Lipinski definition) is 6. The summed E-state index contributed by atoms with van der Waals surface area (Å²) in [5, 5.41) is 11.3. The highest BCUT2D eigenvalue weighted by Gasteiger charge is 2.60. The molecule has 0 bridgehead atoms. The van der Waals surface area contributed by atoms with Gasteiger partial charge in [0.1, 0.15) is 5.75 Å². The topological polar surface area (TPSA) is 80.1 Å². The van der Waals surface area contributed by atoms with Crippen LogP contribution in [0.1, 0.15) is 66.1 Å². The number of methoxy groups -OCH3 is 2. The van der Waals surface area contributed by atoms with Crippen LogP contribution in [-0.4, -0.2) is 34.3 Å². The standard InChI is InChI=1S/C24H36BrNO6Si/c1-10-11-12-16-13-18(32-33(31-15-16,23(2,3)4)24(5,6)7)20-21(25)19(29-8)14-17(26(27)28)22(20)30-9/h10,13-14,18H,1,11-12,15H2,2-9H3. The lowest BCUT2D eigenvalue weighted by molar-refractivity contribution is -0.385. The summed E-state index contributed by atoms with van der Waals surface area (Å²) in [5.74, 6) is 0.482. The van der Waals surface area contributed by atoms with Gasteiger partial charge in [0.15, 0.2) is 0 Å². The van der Waals surface area contributed by atoms with Gasteiger partial charge in [-0.15, -0.1) is 6.58 Å². The van der Waals surface area contributed by atoms with Crippen molar-refractivity contribution in [3.63, 3.8) is 0 Å². The van der Waals surface area contributed by atoms with Crippen molar-refractivity contribution in [3.8, 4) is 11.5 Å². The number of nitro groups is 1. The van der Waals surface area contributed by atoms with E-state index >= 15 is 0 Å². The van der Waals surface area contributed by atoms with Crippen LogP contribution in [-0.2, 0) is 8.85 Å². The number of halogens is 1. The maximum absolute atomic E-state index is 11.9. The number of rotatable bonds is 7. The Balaban J connectivity index is 2.88. The lowest BCUT2D eigenvalue weighted by Gasteiger charge is -2.49. The van der Waals surface area contributed by atoms with Gasteiger partial charge in [0.25, 0.3) is 0 Å². The van der Waals surface area contributed by atoms with Gasteiger partial charge in [-0.05, 0) is 34.3 Å². The van der Waals surface area contributed by atoms with Crippen LogP contribution in [0.2, 0.25) is 10.1 Å². The Morgan fingerprint density at radius 3 is 2.30 bits per heavy atom. The van der Waals surface area contributed by atoms with E-state index in [9.17, 15) is 10.1 Å². The van der Waals surface area contributed by atoms with Crippen molar-refractivity contribution in [1.29, 1.82) is 0 Å². The molecular formula is C24H36BrNO6Si. The van der Waals surface area contributed by atoms with Gasteiger partial charge in [-0.1, -0.05) is 53.7 Å². The molecule has 0 saturated heterocycles. The third-order valence-electron chi connectivity index (χ3n) is 5.89. The number of nitrogens with zero attached hydrogens (tertiary/aromatic N) is 1. The van der Waals surface area contributed by atoms with E-state index in [1.165, 1.54) is 20.3 Å². The third-order valence-corrected chi connectivity index (χ3v) is 11.8. The molecule has 0 aliphatic carbocycles. The second-order valence-electron chi connectivity index (χ2n) is 10.2. The number of ether oxygens (including phenoxy) is 2. The molecule has 0 spiro atoms. The molecule has 1 aromatic rings. The molecule has 1 heterocycles. The van der Waals surface area contributed by atoms with Gasteiger partial charge in [-0.2, -0.15) is 0 Å². The SMILES string of the molecule is C=CCCC1=CC(c2c(Br)c(OC)cc([N+](=O)[O-])c2OC)O[Si](C(C)(C)C)(C(C)(C)C)OC1. The van der Waals surface area contributed by atoms with Crippen LogP contribution < -0.4 is 9.47 Å². The maximum Gasteiger partial charge on any atom is 0.350 e. The van der Waals surface area contributed by atoms with Gasteiger partial charge in [-0.25, -0.2) is 0 Å². The first kappa shape index (κ1) is 27.6. The first-order valence-electron chi connectivity index (χ1n) is 10.9. The van der Waals surface area contributed by atoms with Crippen LogP contribution in [0.5, 0.6) is 11.5 Å². The van der Waals surface area contributed by atoms with Crippen LogP contribution in [0, 0.1) is 10.1 Å². The lowest BCUT2D eigenvalue weighted by Crippen LogP contribution is -2.57. The summed E-state index contributed by atoms with van der Waals surface area (Å²) in [6, 6.07) is 1.36. The average Bonchev–Trinajstić information content (AvgIpc) is 2.91. The van der Waals surface area contributed by atoms with Crippen molar-refractivity contribution in [2.75, 3.05) is 20.8 Å². The molecule has 184 valence electrons. The normalized spacial score (nSPS) is 18.8. The Bertz CT molecular complexity index is 918. The molecule has 2 rings (SSSR count). The highest BCUT2D eigenvalue weighted by molar-refractivity contribution is 9.10. The second-order valence-corrected chi connectivity index (χ2v) is 15.8. The van der Waals surface area contributed by atoms with Gasteiger partial charge in [0, 0.05) is 10.1 Å². The van der Waals surface area contributed by atoms with Crippen LogP contribution in [0.15, 0.2) is 34.8 Å². The molecule has 0 amide bonds. The molecular weight excluding hydrogens is 506 g/mol. The predicted octanol–water partition coefficient (Wildman–Crippen LogP) is 7.40. The quantitative estimate of drug-likeness (QED) is 0.155. The fourth-order valence-electron chi connectivity index (χ4n) is 4.58. The number of nitro benzene ring substituents is 1. The Hall–Kier alpha value is -1.68. The Morgan fingerprint density at radius 2 is 1.85 bits per heavy atom. The highest BCUT2D eigenvalue weighted by Crippen LogP contribution is 2.57. The molecule has 1 aromatic carbocycles. The number of allylic oxidation sites excluding steroid dienone is 1. The van der Waals surface area contributed by atoms with Crippen LogP contribution in [0.4, 0.5) is 5.69 Å². The summed E-state index contributed by atoms with van der Waals surface area (Å²) in [5.41, 5.74) is 1.40. The van der Waals surface area contributed by atoms with E-state index in [4.69, 9.17) is 18.3 Å². The predicted molar refractivity (Wildman–Crippen MR) is 136 cm³/mol.